The summed E-state index contributed by atoms with van der Waals surface area (Å²) >= 11 is 0. The van der Waals surface area contributed by atoms with E-state index in [0.29, 0.717) is 12.4 Å². The van der Waals surface area contributed by atoms with Gasteiger partial charge in [0.05, 0.1) is 6.20 Å². The van der Waals surface area contributed by atoms with E-state index >= 15 is 0 Å². The number of rotatable bonds is 4. The molecule has 1 fully saturated rings. The maximum absolute atomic E-state index is 12.0. The van der Waals surface area contributed by atoms with Crippen molar-refractivity contribution in [1.82, 2.24) is 14.7 Å². The minimum atomic E-state index is -3.52. The minimum Gasteiger partial charge on any atom is -0.332 e. The van der Waals surface area contributed by atoms with E-state index in [1.165, 1.54) is 6.20 Å². The van der Waals surface area contributed by atoms with Gasteiger partial charge in [-0.2, -0.15) is 0 Å². The largest absolute Gasteiger partial charge is 0.332 e. The molecular weight excluding hydrogens is 228 g/mol. The van der Waals surface area contributed by atoms with Gasteiger partial charge in [-0.25, -0.2) is 18.1 Å². The van der Waals surface area contributed by atoms with Gasteiger partial charge in [0.25, 0.3) is 10.0 Å². The van der Waals surface area contributed by atoms with E-state index in [-0.39, 0.29) is 5.03 Å². The highest BCUT2D eigenvalue weighted by atomic mass is 32.2. The Balaban J connectivity index is 2.20. The zero-order valence-corrected chi connectivity index (χ0v) is 9.97. The Kier molecular flexibility index (Phi) is 2.77. The van der Waals surface area contributed by atoms with Crippen LogP contribution in [0.5, 0.6) is 0 Å². The smallest absolute Gasteiger partial charge is 0.258 e. The molecule has 0 atom stereocenters. The lowest BCUT2D eigenvalue weighted by atomic mass is 9.78. The van der Waals surface area contributed by atoms with Crippen molar-refractivity contribution in [2.24, 2.45) is 5.73 Å². The summed E-state index contributed by atoms with van der Waals surface area (Å²) in [6, 6.07) is 0. The molecule has 0 amide bonds. The van der Waals surface area contributed by atoms with Gasteiger partial charge in [0.15, 0.2) is 5.03 Å². The summed E-state index contributed by atoms with van der Waals surface area (Å²) in [6.45, 7) is 2.04. The second-order valence-corrected chi connectivity index (χ2v) is 5.93. The number of hydrogen-bond acceptors (Lipinski definition) is 4. The van der Waals surface area contributed by atoms with Gasteiger partial charge >= 0.3 is 0 Å². The second-order valence-electron chi connectivity index (χ2n) is 4.28. The van der Waals surface area contributed by atoms with E-state index in [1.807, 2.05) is 0 Å². The summed E-state index contributed by atoms with van der Waals surface area (Å²) in [5.74, 6) is 0.579. The second kappa shape index (κ2) is 3.83. The molecule has 1 aromatic heterocycles. The Morgan fingerprint density at radius 2 is 2.31 bits per heavy atom. The van der Waals surface area contributed by atoms with Gasteiger partial charge in [-0.3, -0.25) is 0 Å². The van der Waals surface area contributed by atoms with E-state index < -0.39 is 15.6 Å². The zero-order valence-electron chi connectivity index (χ0n) is 9.16. The molecule has 0 spiro atoms. The molecule has 1 aliphatic rings. The Morgan fingerprint density at radius 3 is 2.69 bits per heavy atom. The van der Waals surface area contributed by atoms with Crippen molar-refractivity contribution in [2.45, 2.75) is 36.8 Å². The van der Waals surface area contributed by atoms with Crippen LogP contribution in [0.15, 0.2) is 11.2 Å². The number of sulfonamides is 1. The number of aromatic amines is 1. The summed E-state index contributed by atoms with van der Waals surface area (Å²) in [7, 11) is -3.52. The molecule has 1 aromatic rings. The monoisotopic (exact) mass is 244 g/mol. The third-order valence-corrected chi connectivity index (χ3v) is 4.51. The van der Waals surface area contributed by atoms with Crippen molar-refractivity contribution in [3.63, 3.8) is 0 Å². The summed E-state index contributed by atoms with van der Waals surface area (Å²) < 4.78 is 26.6. The van der Waals surface area contributed by atoms with Crippen LogP contribution in [-0.2, 0) is 10.0 Å². The lowest BCUT2D eigenvalue weighted by molar-refractivity contribution is 0.230. The first-order chi connectivity index (χ1) is 7.47. The van der Waals surface area contributed by atoms with E-state index in [9.17, 15) is 8.42 Å². The Labute approximate surface area is 94.7 Å². The molecular formula is C9H16N4O2S. The van der Waals surface area contributed by atoms with Crippen molar-refractivity contribution in [2.75, 3.05) is 6.54 Å². The maximum atomic E-state index is 12.0. The molecule has 1 saturated carbocycles. The topological polar surface area (TPSA) is 101 Å². The average molecular weight is 244 g/mol. The highest BCUT2D eigenvalue weighted by molar-refractivity contribution is 7.89. The quantitative estimate of drug-likeness (QED) is 0.687. The molecule has 0 aromatic carbocycles. The van der Waals surface area contributed by atoms with Crippen molar-refractivity contribution >= 4 is 10.0 Å². The first kappa shape index (κ1) is 11.6. The molecule has 1 heterocycles. The molecule has 2 rings (SSSR count). The van der Waals surface area contributed by atoms with Crippen molar-refractivity contribution in [1.29, 1.82) is 0 Å². The fraction of sp³-hybridized carbons (Fsp3) is 0.667. The standard InChI is InChI=1S/C9H16N4O2S/c1-7-11-5-8(12-7)16(14,15)13-9(6-10)3-2-4-9/h5,13H,2-4,6,10H2,1H3,(H,11,12). The van der Waals surface area contributed by atoms with Crippen molar-refractivity contribution in [3.05, 3.63) is 12.0 Å². The molecule has 4 N–H and O–H groups in total. The molecule has 0 unspecified atom stereocenters. The van der Waals surface area contributed by atoms with Crippen molar-refractivity contribution < 1.29 is 8.42 Å². The number of hydrogen-bond donors (Lipinski definition) is 3. The fourth-order valence-electron chi connectivity index (χ4n) is 1.83. The number of aromatic nitrogens is 2. The summed E-state index contributed by atoms with van der Waals surface area (Å²) in [5.41, 5.74) is 5.16. The van der Waals surface area contributed by atoms with Crippen molar-refractivity contribution in [3.8, 4) is 0 Å². The van der Waals surface area contributed by atoms with Crippen LogP contribution < -0.4 is 10.5 Å². The van der Waals surface area contributed by atoms with E-state index in [2.05, 4.69) is 14.7 Å². The van der Waals surface area contributed by atoms with Crippen LogP contribution in [0.4, 0.5) is 0 Å². The molecule has 0 radical (unpaired) electrons. The van der Waals surface area contributed by atoms with Crippen LogP contribution in [0.1, 0.15) is 25.1 Å². The minimum absolute atomic E-state index is 0.102. The van der Waals surface area contributed by atoms with Crippen LogP contribution in [0.3, 0.4) is 0 Å². The molecule has 16 heavy (non-hydrogen) atoms. The van der Waals surface area contributed by atoms with Gasteiger partial charge < -0.3 is 10.7 Å². The predicted octanol–water partition coefficient (Wildman–Crippen LogP) is -0.122. The van der Waals surface area contributed by atoms with Gasteiger partial charge in [0, 0.05) is 12.1 Å². The molecule has 1 aliphatic carbocycles. The predicted molar refractivity (Wildman–Crippen MR) is 59.3 cm³/mol. The summed E-state index contributed by atoms with van der Waals surface area (Å²) in [6.07, 6.45) is 3.94. The maximum Gasteiger partial charge on any atom is 0.258 e. The number of H-pyrrole nitrogens is 1. The third-order valence-electron chi connectivity index (χ3n) is 3.02. The van der Waals surface area contributed by atoms with Crippen LogP contribution in [0.25, 0.3) is 0 Å². The van der Waals surface area contributed by atoms with E-state index in [4.69, 9.17) is 5.73 Å². The number of aryl methyl sites for hydroxylation is 1. The van der Waals surface area contributed by atoms with Crippen LogP contribution in [-0.4, -0.2) is 30.5 Å². The first-order valence-electron chi connectivity index (χ1n) is 5.23. The highest BCUT2D eigenvalue weighted by Crippen LogP contribution is 2.32. The fourth-order valence-corrected chi connectivity index (χ4v) is 3.27. The van der Waals surface area contributed by atoms with Gasteiger partial charge in [-0.05, 0) is 26.2 Å². The number of nitrogens with two attached hydrogens (primary N) is 1. The summed E-state index contributed by atoms with van der Waals surface area (Å²) in [4.78, 5) is 6.59. The van der Waals surface area contributed by atoms with E-state index in [1.54, 1.807) is 6.92 Å². The van der Waals surface area contributed by atoms with Crippen LogP contribution in [0, 0.1) is 6.92 Å². The highest BCUT2D eigenvalue weighted by Gasteiger charge is 2.39. The Bertz CT molecular complexity index is 470. The summed E-state index contributed by atoms with van der Waals surface area (Å²) in [5, 5.41) is 0.102. The number of nitrogens with zero attached hydrogens (tertiary/aromatic N) is 1. The van der Waals surface area contributed by atoms with E-state index in [0.717, 1.165) is 19.3 Å². The third kappa shape index (κ3) is 1.98. The van der Waals surface area contributed by atoms with Gasteiger partial charge in [0.2, 0.25) is 0 Å². The van der Waals surface area contributed by atoms with Gasteiger partial charge in [-0.15, -0.1) is 0 Å². The molecule has 90 valence electrons. The average Bonchev–Trinajstić information content (AvgIpc) is 2.59. The zero-order chi connectivity index (χ0) is 11.8. The molecule has 0 saturated heterocycles. The first-order valence-corrected chi connectivity index (χ1v) is 6.71. The van der Waals surface area contributed by atoms with Crippen LogP contribution in [0.2, 0.25) is 0 Å². The van der Waals surface area contributed by atoms with Gasteiger partial charge in [0.1, 0.15) is 5.82 Å². The van der Waals surface area contributed by atoms with Crippen LogP contribution >= 0.6 is 0 Å². The number of imidazole rings is 1. The molecule has 6 nitrogen and oxygen atoms in total. The molecule has 7 heteroatoms. The lowest BCUT2D eigenvalue weighted by Crippen LogP contribution is -2.58. The van der Waals surface area contributed by atoms with Gasteiger partial charge in [-0.1, -0.05) is 0 Å². The molecule has 0 aliphatic heterocycles. The Morgan fingerprint density at radius 1 is 1.62 bits per heavy atom. The lowest BCUT2D eigenvalue weighted by Gasteiger charge is -2.40. The SMILES string of the molecule is Cc1ncc(S(=O)(=O)NC2(CN)CCC2)[nH]1. The normalized spacial score (nSPS) is 19.4. The number of nitrogens with one attached hydrogen (secondary N) is 2. The molecule has 0 bridgehead atoms. The Hall–Kier alpha value is -0.920.